The van der Waals surface area contributed by atoms with Crippen LogP contribution in [0.1, 0.15) is 40.2 Å². The van der Waals surface area contributed by atoms with E-state index in [1.54, 1.807) is 19.2 Å². The zero-order valence-electron chi connectivity index (χ0n) is 22.6. The zero-order valence-corrected chi connectivity index (χ0v) is 23.3. The Kier molecular flexibility index (Phi) is 8.68. The van der Waals surface area contributed by atoms with Crippen LogP contribution in [0, 0.1) is 0 Å². The van der Waals surface area contributed by atoms with Gasteiger partial charge >= 0.3 is 0 Å². The van der Waals surface area contributed by atoms with Gasteiger partial charge in [0.15, 0.2) is 0 Å². The van der Waals surface area contributed by atoms with Crippen molar-refractivity contribution in [2.75, 3.05) is 32.7 Å². The number of aliphatic hydroxyl groups is 4. The molecule has 0 aromatic heterocycles. The molecular formula is C31H36ClNO7. The molecule has 1 saturated heterocycles. The Morgan fingerprint density at radius 2 is 1.80 bits per heavy atom. The molecule has 6 atom stereocenters. The van der Waals surface area contributed by atoms with E-state index in [0.29, 0.717) is 17.0 Å². The molecule has 0 saturated carbocycles. The highest BCUT2D eigenvalue weighted by Gasteiger charge is 2.55. The van der Waals surface area contributed by atoms with Gasteiger partial charge in [0.05, 0.1) is 13.7 Å². The smallest absolute Gasteiger partial charge is 0.224 e. The van der Waals surface area contributed by atoms with Gasteiger partial charge in [0.1, 0.15) is 30.2 Å². The highest BCUT2D eigenvalue weighted by atomic mass is 35.5. The van der Waals surface area contributed by atoms with Crippen LogP contribution in [0.4, 0.5) is 5.69 Å². The van der Waals surface area contributed by atoms with Gasteiger partial charge in [-0.05, 0) is 71.8 Å². The lowest BCUT2D eigenvalue weighted by molar-refractivity contribution is -0.366. The number of ether oxygens (including phenoxy) is 3. The summed E-state index contributed by atoms with van der Waals surface area (Å²) in [6.45, 7) is 0.381. The van der Waals surface area contributed by atoms with Crippen LogP contribution in [0.15, 0.2) is 60.7 Å². The zero-order chi connectivity index (χ0) is 28.4. The van der Waals surface area contributed by atoms with Crippen LogP contribution in [0.5, 0.6) is 5.75 Å². The molecule has 214 valence electrons. The maximum absolute atomic E-state index is 11.1. The molecule has 0 spiro atoms. The molecule has 5 rings (SSSR count). The van der Waals surface area contributed by atoms with Gasteiger partial charge in [-0.3, -0.25) is 0 Å². The lowest BCUT2D eigenvalue weighted by Crippen LogP contribution is -2.64. The van der Waals surface area contributed by atoms with Gasteiger partial charge in [-0.1, -0.05) is 41.9 Å². The minimum absolute atomic E-state index is 0.174. The number of rotatable bonds is 8. The molecule has 0 bridgehead atoms. The SMILES string of the molecule is COc1ccc(CC(c2ccc3c(c2)CCCN3)c2cc([C@]3(OC)O[C@H](CO)[C@@H](O)[C@H](O)[C@H]3O)ccc2Cl)cc1. The molecule has 0 radical (unpaired) electrons. The first-order chi connectivity index (χ1) is 19.3. The minimum Gasteiger partial charge on any atom is -0.497 e. The Morgan fingerprint density at radius 3 is 2.50 bits per heavy atom. The van der Waals surface area contributed by atoms with Crippen molar-refractivity contribution in [3.63, 3.8) is 0 Å². The number of hydrogen-bond donors (Lipinski definition) is 5. The van der Waals surface area contributed by atoms with E-state index in [1.165, 1.54) is 12.7 Å². The van der Waals surface area contributed by atoms with Crippen LogP contribution < -0.4 is 10.1 Å². The number of benzene rings is 3. The van der Waals surface area contributed by atoms with E-state index < -0.39 is 36.8 Å². The number of aliphatic hydroxyl groups excluding tert-OH is 4. The summed E-state index contributed by atoms with van der Waals surface area (Å²) in [5, 5.41) is 45.8. The number of anilines is 1. The Hall–Kier alpha value is -2.69. The largest absolute Gasteiger partial charge is 0.497 e. The monoisotopic (exact) mass is 569 g/mol. The number of fused-ring (bicyclic) bond motifs is 1. The lowest BCUT2D eigenvalue weighted by atomic mass is 9.81. The quantitative estimate of drug-likeness (QED) is 0.280. The van der Waals surface area contributed by atoms with E-state index in [-0.39, 0.29) is 5.92 Å². The summed E-state index contributed by atoms with van der Waals surface area (Å²) in [4.78, 5) is 0. The topological polar surface area (TPSA) is 121 Å². The van der Waals surface area contributed by atoms with Crippen LogP contribution in [0.3, 0.4) is 0 Å². The molecule has 5 N–H and O–H groups in total. The Morgan fingerprint density at radius 1 is 1.02 bits per heavy atom. The minimum atomic E-state index is -1.84. The van der Waals surface area contributed by atoms with E-state index in [4.69, 9.17) is 25.8 Å². The van der Waals surface area contributed by atoms with Gasteiger partial charge < -0.3 is 40.0 Å². The van der Waals surface area contributed by atoms with Gasteiger partial charge in [0, 0.05) is 35.8 Å². The molecule has 0 aliphatic carbocycles. The van der Waals surface area contributed by atoms with Gasteiger partial charge in [0.2, 0.25) is 5.79 Å². The summed E-state index contributed by atoms with van der Waals surface area (Å²) >= 11 is 6.86. The third-order valence-corrected chi connectivity index (χ3v) is 8.44. The third kappa shape index (κ3) is 5.33. The second kappa shape index (κ2) is 12.0. The number of hydrogen-bond acceptors (Lipinski definition) is 8. The van der Waals surface area contributed by atoms with Gasteiger partial charge in [-0.15, -0.1) is 0 Å². The van der Waals surface area contributed by atoms with Gasteiger partial charge in [-0.25, -0.2) is 0 Å². The summed E-state index contributed by atoms with van der Waals surface area (Å²) in [7, 11) is 2.98. The number of halogens is 1. The molecule has 1 unspecified atom stereocenters. The van der Waals surface area contributed by atoms with Crippen molar-refractivity contribution in [2.24, 2.45) is 0 Å². The van der Waals surface area contributed by atoms with Crippen molar-refractivity contribution in [3.05, 3.63) is 93.5 Å². The second-order valence-electron chi connectivity index (χ2n) is 10.4. The summed E-state index contributed by atoms with van der Waals surface area (Å²) in [5.74, 6) is -1.24. The Labute approximate surface area is 239 Å². The number of nitrogens with one attached hydrogen (secondary N) is 1. The molecule has 1 fully saturated rings. The molecule has 2 aliphatic heterocycles. The fourth-order valence-electron chi connectivity index (χ4n) is 5.81. The van der Waals surface area contributed by atoms with Gasteiger partial charge in [0.25, 0.3) is 0 Å². The van der Waals surface area contributed by atoms with Crippen molar-refractivity contribution in [1.29, 1.82) is 0 Å². The van der Waals surface area contributed by atoms with Gasteiger partial charge in [-0.2, -0.15) is 0 Å². The van der Waals surface area contributed by atoms with E-state index in [1.807, 2.05) is 30.3 Å². The maximum Gasteiger partial charge on any atom is 0.224 e. The normalized spacial score (nSPS) is 27.0. The first kappa shape index (κ1) is 28.8. The van der Waals surface area contributed by atoms with Crippen molar-refractivity contribution in [3.8, 4) is 5.75 Å². The van der Waals surface area contributed by atoms with Crippen LogP contribution in [-0.2, 0) is 28.1 Å². The van der Waals surface area contributed by atoms with Crippen molar-refractivity contribution < 1.29 is 34.6 Å². The van der Waals surface area contributed by atoms with Crippen LogP contribution in [0.2, 0.25) is 5.02 Å². The van der Waals surface area contributed by atoms with Crippen molar-refractivity contribution in [1.82, 2.24) is 0 Å². The fourth-order valence-corrected chi connectivity index (χ4v) is 6.06. The van der Waals surface area contributed by atoms with E-state index in [0.717, 1.165) is 47.5 Å². The Bertz CT molecular complexity index is 1320. The van der Waals surface area contributed by atoms with Crippen LogP contribution in [0.25, 0.3) is 0 Å². The number of aryl methyl sites for hydroxylation is 1. The predicted octanol–water partition coefficient (Wildman–Crippen LogP) is 3.35. The summed E-state index contributed by atoms with van der Waals surface area (Å²) < 4.78 is 17.0. The van der Waals surface area contributed by atoms with Crippen LogP contribution >= 0.6 is 11.6 Å². The number of methoxy groups -OCH3 is 2. The van der Waals surface area contributed by atoms with Crippen molar-refractivity contribution in [2.45, 2.75) is 55.4 Å². The van der Waals surface area contributed by atoms with E-state index in [9.17, 15) is 20.4 Å². The van der Waals surface area contributed by atoms with E-state index in [2.05, 4.69) is 23.5 Å². The third-order valence-electron chi connectivity index (χ3n) is 8.10. The molecule has 3 aromatic rings. The molecule has 3 aromatic carbocycles. The molecule has 0 amide bonds. The molecule has 2 aliphatic rings. The average Bonchev–Trinajstić information content (AvgIpc) is 3.00. The summed E-state index contributed by atoms with van der Waals surface area (Å²) in [6, 6.07) is 19.5. The molecule has 9 heteroatoms. The summed E-state index contributed by atoms with van der Waals surface area (Å²) in [6.07, 6.45) is -3.21. The molecule has 40 heavy (non-hydrogen) atoms. The maximum atomic E-state index is 11.1. The Balaban J connectivity index is 1.61. The molecular weight excluding hydrogens is 534 g/mol. The predicted molar refractivity (Wildman–Crippen MR) is 152 cm³/mol. The first-order valence-electron chi connectivity index (χ1n) is 13.5. The average molecular weight is 570 g/mol. The van der Waals surface area contributed by atoms with E-state index >= 15 is 0 Å². The molecule has 8 nitrogen and oxygen atoms in total. The second-order valence-corrected chi connectivity index (χ2v) is 10.8. The lowest BCUT2D eigenvalue weighted by Gasteiger charge is -2.47. The summed E-state index contributed by atoms with van der Waals surface area (Å²) in [5.41, 5.74) is 5.74. The van der Waals surface area contributed by atoms with Crippen LogP contribution in [-0.4, -0.2) is 72.2 Å². The highest BCUT2D eigenvalue weighted by molar-refractivity contribution is 6.31. The first-order valence-corrected chi connectivity index (χ1v) is 13.9. The fraction of sp³-hybridized carbons (Fsp3) is 0.419. The molecule has 2 heterocycles. The van der Waals surface area contributed by atoms with Crippen molar-refractivity contribution >= 4 is 17.3 Å². The standard InChI is InChI=1S/C31H36ClNO7/c1-38-22-9-5-18(6-10-22)14-23(19-7-12-26-20(15-19)4-3-13-33-26)24-16-21(8-11-25(24)32)31(39-2)30(37)29(36)28(35)27(17-34)40-31/h5-12,15-16,23,27-30,33-37H,3-4,13-14,17H2,1-2H3/t23?,27-,28-,29+,30-,31+/m1/s1. The highest BCUT2D eigenvalue weighted by Crippen LogP contribution is 2.43.